The van der Waals surface area contributed by atoms with E-state index in [1.165, 1.54) is 0 Å². The van der Waals surface area contributed by atoms with Gasteiger partial charge in [0, 0.05) is 35.9 Å². The Morgan fingerprint density at radius 2 is 1.48 bits per heavy atom. The highest BCUT2D eigenvalue weighted by atomic mass is 127. The molecule has 148 valence electrons. The Hall–Kier alpha value is -2.51. The topological polar surface area (TPSA) is 50.1 Å². The summed E-state index contributed by atoms with van der Waals surface area (Å²) in [4.78, 5) is 24.6. The summed E-state index contributed by atoms with van der Waals surface area (Å²) in [5, 5.41) is 3.06. The van der Waals surface area contributed by atoms with Crippen molar-refractivity contribution in [2.75, 3.05) is 7.05 Å². The lowest BCUT2D eigenvalue weighted by Gasteiger charge is -2.08. The van der Waals surface area contributed by atoms with Crippen LogP contribution in [0, 0.1) is 0 Å². The largest absolute Gasteiger partial charge is 1.00 e. The van der Waals surface area contributed by atoms with Crippen molar-refractivity contribution in [3.05, 3.63) is 107 Å². The van der Waals surface area contributed by atoms with Crippen LogP contribution < -0.4 is 33.9 Å². The summed E-state index contributed by atoms with van der Waals surface area (Å²) >= 11 is 6.32. The number of carbonyl (C=O) groups excluding carboxylic acids is 2. The van der Waals surface area contributed by atoms with Gasteiger partial charge in [0.25, 0.3) is 5.15 Å². The standard InChI is InChI=1S/C23H19ClN2O2.HI/c1-25-23(28)14-20(17-8-4-2-5-9-17)19-12-13-22(24)26(15-19)16-21(27)18-10-6-3-7-11-18;/h2-15H,16H2,1H3;1H/b20-14-;. The van der Waals surface area contributed by atoms with Crippen molar-refractivity contribution in [1.29, 1.82) is 0 Å². The summed E-state index contributed by atoms with van der Waals surface area (Å²) in [5.74, 6) is -0.248. The monoisotopic (exact) mass is 518 g/mol. The number of carbonyl (C=O) groups is 2. The van der Waals surface area contributed by atoms with Crippen LogP contribution in [0.15, 0.2) is 85.1 Å². The molecule has 3 rings (SSSR count). The van der Waals surface area contributed by atoms with Crippen LogP contribution in [0.1, 0.15) is 21.5 Å². The van der Waals surface area contributed by atoms with E-state index in [9.17, 15) is 9.59 Å². The van der Waals surface area contributed by atoms with Gasteiger partial charge < -0.3 is 29.3 Å². The van der Waals surface area contributed by atoms with E-state index >= 15 is 0 Å². The number of Topliss-reactive ketones (excluding diaryl/α,β-unsaturated/α-hetero) is 1. The summed E-state index contributed by atoms with van der Waals surface area (Å²) in [7, 11) is 1.59. The second-order valence-corrected chi connectivity index (χ2v) is 6.58. The average Bonchev–Trinajstić information content (AvgIpc) is 2.74. The molecular formula is C23H20ClIN2O2. The normalized spacial score (nSPS) is 10.8. The average molecular weight is 519 g/mol. The summed E-state index contributed by atoms with van der Waals surface area (Å²) < 4.78 is 1.69. The Bertz CT molecular complexity index is 1020. The van der Waals surface area contributed by atoms with Gasteiger partial charge in [0.1, 0.15) is 0 Å². The molecule has 0 radical (unpaired) electrons. The molecule has 0 saturated heterocycles. The number of hydrogen-bond acceptors (Lipinski definition) is 2. The molecule has 0 atom stereocenters. The second-order valence-electron chi connectivity index (χ2n) is 6.20. The Morgan fingerprint density at radius 1 is 0.897 bits per heavy atom. The minimum absolute atomic E-state index is 0. The minimum atomic E-state index is -0.208. The first-order chi connectivity index (χ1) is 13.6. The first kappa shape index (κ1) is 22.8. The van der Waals surface area contributed by atoms with Crippen LogP contribution >= 0.6 is 11.6 Å². The smallest absolute Gasteiger partial charge is 0.275 e. The zero-order valence-corrected chi connectivity index (χ0v) is 18.7. The van der Waals surface area contributed by atoms with Crippen LogP contribution in [0.4, 0.5) is 0 Å². The van der Waals surface area contributed by atoms with Crippen molar-refractivity contribution in [1.82, 2.24) is 5.32 Å². The van der Waals surface area contributed by atoms with E-state index in [2.05, 4.69) is 5.32 Å². The fraction of sp³-hybridized carbons (Fsp3) is 0.0870. The number of rotatable bonds is 6. The maximum atomic E-state index is 12.6. The molecule has 0 aliphatic carbocycles. The lowest BCUT2D eigenvalue weighted by atomic mass is 9.98. The summed E-state index contributed by atoms with van der Waals surface area (Å²) in [6, 6.07) is 22.3. The Labute approximate surface area is 192 Å². The van der Waals surface area contributed by atoms with E-state index in [0.29, 0.717) is 10.7 Å². The maximum Gasteiger partial charge on any atom is 0.275 e. The molecule has 1 amide bonds. The van der Waals surface area contributed by atoms with Crippen molar-refractivity contribution >= 4 is 28.9 Å². The van der Waals surface area contributed by atoms with Gasteiger partial charge in [-0.25, -0.2) is 0 Å². The van der Waals surface area contributed by atoms with Gasteiger partial charge in [-0.3, -0.25) is 9.59 Å². The van der Waals surface area contributed by atoms with Gasteiger partial charge in [-0.05, 0) is 23.2 Å². The molecule has 1 aromatic heterocycles. The molecule has 1 heterocycles. The third-order valence-electron chi connectivity index (χ3n) is 4.30. The number of nitrogens with zero attached hydrogens (tertiary/aromatic N) is 1. The van der Waals surface area contributed by atoms with Crippen LogP contribution in [-0.4, -0.2) is 18.7 Å². The number of aromatic nitrogens is 1. The van der Waals surface area contributed by atoms with Crippen molar-refractivity contribution < 1.29 is 38.1 Å². The van der Waals surface area contributed by atoms with Crippen LogP contribution in [0.2, 0.25) is 5.15 Å². The van der Waals surface area contributed by atoms with Crippen molar-refractivity contribution in [3.8, 4) is 0 Å². The highest BCUT2D eigenvalue weighted by molar-refractivity contribution is 6.28. The number of benzene rings is 2. The number of likely N-dealkylation sites (N-methyl/N-ethyl adjacent to an activating group) is 1. The fourth-order valence-corrected chi connectivity index (χ4v) is 3.00. The lowest BCUT2D eigenvalue weighted by Crippen LogP contribution is -3.00. The van der Waals surface area contributed by atoms with Crippen LogP contribution in [-0.2, 0) is 11.3 Å². The third-order valence-corrected chi connectivity index (χ3v) is 4.64. The third kappa shape index (κ3) is 5.98. The number of halogens is 2. The minimum Gasteiger partial charge on any atom is -1.00 e. The predicted molar refractivity (Wildman–Crippen MR) is 110 cm³/mol. The van der Waals surface area contributed by atoms with Crippen molar-refractivity contribution in [2.24, 2.45) is 0 Å². The molecule has 0 saturated carbocycles. The van der Waals surface area contributed by atoms with E-state index in [-0.39, 0.29) is 42.2 Å². The Morgan fingerprint density at radius 3 is 2.07 bits per heavy atom. The summed E-state index contributed by atoms with van der Waals surface area (Å²) in [5.41, 5.74) is 3.06. The first-order valence-corrected chi connectivity index (χ1v) is 9.22. The quantitative estimate of drug-likeness (QED) is 0.172. The van der Waals surface area contributed by atoms with Crippen molar-refractivity contribution in [3.63, 3.8) is 0 Å². The van der Waals surface area contributed by atoms with Crippen LogP contribution in [0.5, 0.6) is 0 Å². The number of amides is 1. The lowest BCUT2D eigenvalue weighted by molar-refractivity contribution is -0.681. The van der Waals surface area contributed by atoms with Gasteiger partial charge in [-0.15, -0.1) is 0 Å². The molecule has 29 heavy (non-hydrogen) atoms. The van der Waals surface area contributed by atoms with Gasteiger partial charge >= 0.3 is 0 Å². The number of pyridine rings is 1. The van der Waals surface area contributed by atoms with Gasteiger partial charge in [0.15, 0.2) is 6.20 Å². The second kappa shape index (κ2) is 10.9. The highest BCUT2D eigenvalue weighted by Gasteiger charge is 2.18. The molecule has 0 aliphatic rings. The molecular weight excluding hydrogens is 499 g/mol. The zero-order chi connectivity index (χ0) is 19.9. The van der Waals surface area contributed by atoms with E-state index in [1.54, 1.807) is 42.1 Å². The molecule has 0 unspecified atom stereocenters. The van der Waals surface area contributed by atoms with E-state index in [1.807, 2.05) is 54.6 Å². The molecule has 0 fully saturated rings. The Kier molecular flexibility index (Phi) is 8.54. The van der Waals surface area contributed by atoms with E-state index in [4.69, 9.17) is 11.6 Å². The summed E-state index contributed by atoms with van der Waals surface area (Å²) in [6.07, 6.45) is 3.34. The van der Waals surface area contributed by atoms with Gasteiger partial charge in [0.05, 0.1) is 0 Å². The summed E-state index contributed by atoms with van der Waals surface area (Å²) in [6.45, 7) is 0.110. The van der Waals surface area contributed by atoms with Gasteiger partial charge in [-0.1, -0.05) is 60.7 Å². The first-order valence-electron chi connectivity index (χ1n) is 8.85. The molecule has 2 aromatic carbocycles. The van der Waals surface area contributed by atoms with E-state index < -0.39 is 0 Å². The van der Waals surface area contributed by atoms with Crippen molar-refractivity contribution in [2.45, 2.75) is 6.54 Å². The molecule has 3 aromatic rings. The number of ketones is 1. The number of hydrogen-bond donors (Lipinski definition) is 1. The molecule has 0 spiro atoms. The molecule has 1 N–H and O–H groups in total. The SMILES string of the molecule is CNC(=O)/C=C(/c1ccccc1)c1ccc(Cl)[n+](CC(=O)c2ccccc2)c1.[I-]. The number of nitrogens with one attached hydrogen (secondary N) is 1. The molecule has 6 heteroatoms. The van der Waals surface area contributed by atoms with E-state index in [0.717, 1.165) is 16.7 Å². The Balaban J connectivity index is 0.00000300. The van der Waals surface area contributed by atoms with Crippen LogP contribution in [0.3, 0.4) is 0 Å². The highest BCUT2D eigenvalue weighted by Crippen LogP contribution is 2.23. The van der Waals surface area contributed by atoms with Gasteiger partial charge in [-0.2, -0.15) is 4.57 Å². The van der Waals surface area contributed by atoms with Gasteiger partial charge in [0.2, 0.25) is 18.2 Å². The van der Waals surface area contributed by atoms with Crippen LogP contribution in [0.25, 0.3) is 5.57 Å². The maximum absolute atomic E-state index is 12.6. The predicted octanol–water partition coefficient (Wildman–Crippen LogP) is 0.692. The fourth-order valence-electron chi connectivity index (χ4n) is 2.83. The molecule has 0 aliphatic heterocycles. The molecule has 4 nitrogen and oxygen atoms in total. The molecule has 0 bridgehead atoms. The zero-order valence-electron chi connectivity index (χ0n) is 15.8.